The highest BCUT2D eigenvalue weighted by molar-refractivity contribution is 5.61. The largest absolute Gasteiger partial charge is 0.505 e. The molecular weight excluding hydrogens is 314 g/mol. The SMILES string of the molecule is CCOc1ccc(C(OCC)c2cc(C(C)(C)C)cc(N)c2O)cc1. The Balaban J connectivity index is 2.51. The molecule has 0 saturated heterocycles. The average Bonchev–Trinajstić information content (AvgIpc) is 2.55. The van der Waals surface area contributed by atoms with Gasteiger partial charge in [-0.25, -0.2) is 0 Å². The molecule has 2 aromatic rings. The molecular formula is C21H29NO3. The zero-order valence-electron chi connectivity index (χ0n) is 15.8. The lowest BCUT2D eigenvalue weighted by Gasteiger charge is -2.25. The van der Waals surface area contributed by atoms with Gasteiger partial charge in [0, 0.05) is 12.2 Å². The molecule has 0 heterocycles. The second kappa shape index (κ2) is 7.79. The van der Waals surface area contributed by atoms with E-state index in [1.165, 1.54) is 0 Å². The van der Waals surface area contributed by atoms with Crippen LogP contribution in [0.25, 0.3) is 0 Å². The van der Waals surface area contributed by atoms with E-state index in [-0.39, 0.29) is 17.3 Å². The number of phenols is 1. The molecule has 25 heavy (non-hydrogen) atoms. The summed E-state index contributed by atoms with van der Waals surface area (Å²) in [5.41, 5.74) is 9.07. The predicted molar refractivity (Wildman–Crippen MR) is 102 cm³/mol. The van der Waals surface area contributed by atoms with Crippen LogP contribution in [0.15, 0.2) is 36.4 Å². The first-order valence-electron chi connectivity index (χ1n) is 8.75. The summed E-state index contributed by atoms with van der Waals surface area (Å²) in [5.74, 6) is 0.897. The van der Waals surface area contributed by atoms with E-state index in [0.29, 0.717) is 24.5 Å². The Morgan fingerprint density at radius 2 is 1.68 bits per heavy atom. The number of aromatic hydroxyl groups is 1. The number of hydrogen-bond donors (Lipinski definition) is 2. The van der Waals surface area contributed by atoms with Gasteiger partial charge in [0.15, 0.2) is 0 Å². The third kappa shape index (κ3) is 4.45. The van der Waals surface area contributed by atoms with Crippen molar-refractivity contribution in [3.05, 3.63) is 53.1 Å². The Bertz CT molecular complexity index is 702. The van der Waals surface area contributed by atoms with Gasteiger partial charge in [-0.05, 0) is 54.7 Å². The van der Waals surface area contributed by atoms with Gasteiger partial charge in [0.2, 0.25) is 0 Å². The fraction of sp³-hybridized carbons (Fsp3) is 0.429. The fourth-order valence-electron chi connectivity index (χ4n) is 2.75. The smallest absolute Gasteiger partial charge is 0.144 e. The van der Waals surface area contributed by atoms with Crippen LogP contribution in [-0.4, -0.2) is 18.3 Å². The molecule has 0 amide bonds. The van der Waals surface area contributed by atoms with E-state index in [4.69, 9.17) is 15.2 Å². The summed E-state index contributed by atoms with van der Waals surface area (Å²) in [6.45, 7) is 11.4. The van der Waals surface area contributed by atoms with E-state index in [9.17, 15) is 5.11 Å². The lowest BCUT2D eigenvalue weighted by Crippen LogP contribution is -2.14. The van der Waals surface area contributed by atoms with Crippen molar-refractivity contribution in [1.82, 2.24) is 0 Å². The van der Waals surface area contributed by atoms with Crippen molar-refractivity contribution in [3.8, 4) is 11.5 Å². The fourth-order valence-corrected chi connectivity index (χ4v) is 2.75. The quantitative estimate of drug-likeness (QED) is 0.584. The highest BCUT2D eigenvalue weighted by Gasteiger charge is 2.24. The van der Waals surface area contributed by atoms with Crippen LogP contribution in [0.3, 0.4) is 0 Å². The summed E-state index contributed by atoms with van der Waals surface area (Å²) < 4.78 is 11.5. The molecule has 136 valence electrons. The minimum Gasteiger partial charge on any atom is -0.505 e. The van der Waals surface area contributed by atoms with Crippen molar-refractivity contribution < 1.29 is 14.6 Å². The lowest BCUT2D eigenvalue weighted by atomic mass is 9.84. The zero-order chi connectivity index (χ0) is 18.6. The van der Waals surface area contributed by atoms with Gasteiger partial charge in [0.25, 0.3) is 0 Å². The van der Waals surface area contributed by atoms with Crippen LogP contribution in [-0.2, 0) is 10.2 Å². The summed E-state index contributed by atoms with van der Waals surface area (Å²) in [4.78, 5) is 0. The number of nitrogens with two attached hydrogens (primary N) is 1. The lowest BCUT2D eigenvalue weighted by molar-refractivity contribution is 0.0894. The summed E-state index contributed by atoms with van der Waals surface area (Å²) in [7, 11) is 0. The van der Waals surface area contributed by atoms with Gasteiger partial charge in [-0.15, -0.1) is 0 Å². The zero-order valence-corrected chi connectivity index (χ0v) is 15.8. The van der Waals surface area contributed by atoms with Gasteiger partial charge in [-0.1, -0.05) is 32.9 Å². The van der Waals surface area contributed by atoms with E-state index in [1.807, 2.05) is 50.2 Å². The van der Waals surface area contributed by atoms with Crippen LogP contribution in [0.4, 0.5) is 5.69 Å². The van der Waals surface area contributed by atoms with Crippen LogP contribution in [0.1, 0.15) is 57.4 Å². The summed E-state index contributed by atoms with van der Waals surface area (Å²) in [5, 5.41) is 10.6. The Morgan fingerprint density at radius 3 is 2.20 bits per heavy atom. The van der Waals surface area contributed by atoms with Crippen molar-refractivity contribution in [2.75, 3.05) is 18.9 Å². The Hall–Kier alpha value is -2.20. The molecule has 0 saturated carbocycles. The third-order valence-electron chi connectivity index (χ3n) is 4.14. The normalized spacial score (nSPS) is 12.8. The van der Waals surface area contributed by atoms with Crippen LogP contribution in [0, 0.1) is 0 Å². The monoisotopic (exact) mass is 343 g/mol. The van der Waals surface area contributed by atoms with Gasteiger partial charge in [0.1, 0.15) is 17.6 Å². The van der Waals surface area contributed by atoms with Gasteiger partial charge >= 0.3 is 0 Å². The number of nitrogen functional groups attached to an aromatic ring is 1. The summed E-state index contributed by atoms with van der Waals surface area (Å²) >= 11 is 0. The molecule has 0 aliphatic heterocycles. The van der Waals surface area contributed by atoms with Crippen LogP contribution < -0.4 is 10.5 Å². The molecule has 1 atom stereocenters. The number of phenolic OH excluding ortho intramolecular Hbond substituents is 1. The average molecular weight is 343 g/mol. The van der Waals surface area contributed by atoms with Gasteiger partial charge in [0.05, 0.1) is 12.3 Å². The Kier molecular flexibility index (Phi) is 5.96. The Labute approximate surface area is 150 Å². The molecule has 4 heteroatoms. The molecule has 0 aliphatic carbocycles. The molecule has 2 rings (SSSR count). The highest BCUT2D eigenvalue weighted by atomic mass is 16.5. The number of benzene rings is 2. The first-order chi connectivity index (χ1) is 11.8. The van der Waals surface area contributed by atoms with E-state index in [2.05, 4.69) is 20.8 Å². The van der Waals surface area contributed by atoms with Gasteiger partial charge < -0.3 is 20.3 Å². The molecule has 1 unspecified atom stereocenters. The van der Waals surface area contributed by atoms with Crippen molar-refractivity contribution in [2.24, 2.45) is 0 Å². The van der Waals surface area contributed by atoms with Gasteiger partial charge in [-0.3, -0.25) is 0 Å². The maximum atomic E-state index is 10.6. The molecule has 4 nitrogen and oxygen atoms in total. The van der Waals surface area contributed by atoms with Crippen LogP contribution in [0.2, 0.25) is 0 Å². The Morgan fingerprint density at radius 1 is 1.04 bits per heavy atom. The van der Waals surface area contributed by atoms with Crippen molar-refractivity contribution in [2.45, 2.75) is 46.1 Å². The first kappa shape index (κ1) is 19.1. The molecule has 0 spiro atoms. The molecule has 3 N–H and O–H groups in total. The molecule has 0 aromatic heterocycles. The number of rotatable bonds is 6. The highest BCUT2D eigenvalue weighted by Crippen LogP contribution is 2.39. The van der Waals surface area contributed by atoms with E-state index < -0.39 is 0 Å². The third-order valence-corrected chi connectivity index (χ3v) is 4.14. The van der Waals surface area contributed by atoms with Crippen molar-refractivity contribution in [1.29, 1.82) is 0 Å². The molecule has 0 fully saturated rings. The maximum absolute atomic E-state index is 10.6. The van der Waals surface area contributed by atoms with Crippen molar-refractivity contribution in [3.63, 3.8) is 0 Å². The number of hydrogen-bond acceptors (Lipinski definition) is 4. The van der Waals surface area contributed by atoms with Crippen LogP contribution in [0.5, 0.6) is 11.5 Å². The maximum Gasteiger partial charge on any atom is 0.144 e. The summed E-state index contributed by atoms with van der Waals surface area (Å²) in [6, 6.07) is 11.6. The molecule has 0 radical (unpaired) electrons. The second-order valence-electron chi connectivity index (χ2n) is 7.09. The minimum absolute atomic E-state index is 0.0772. The van der Waals surface area contributed by atoms with E-state index in [0.717, 1.165) is 16.9 Å². The molecule has 0 aliphatic rings. The van der Waals surface area contributed by atoms with Crippen LogP contribution >= 0.6 is 0 Å². The summed E-state index contributed by atoms with van der Waals surface area (Å²) in [6.07, 6.45) is -0.384. The number of ether oxygens (including phenoxy) is 2. The van der Waals surface area contributed by atoms with Gasteiger partial charge in [-0.2, -0.15) is 0 Å². The van der Waals surface area contributed by atoms with Crippen molar-refractivity contribution >= 4 is 5.69 Å². The predicted octanol–water partition coefficient (Wildman–Crippen LogP) is 4.80. The standard InChI is InChI=1S/C21H29NO3/c1-6-24-16-10-8-14(9-11-16)20(25-7-2)17-12-15(21(3,4)5)13-18(22)19(17)23/h8-13,20,23H,6-7,22H2,1-5H3. The van der Waals surface area contributed by atoms with E-state index in [1.54, 1.807) is 0 Å². The molecule has 0 bridgehead atoms. The minimum atomic E-state index is -0.384. The second-order valence-corrected chi connectivity index (χ2v) is 7.09. The molecule has 2 aromatic carbocycles. The topological polar surface area (TPSA) is 64.7 Å². The number of anilines is 1. The van der Waals surface area contributed by atoms with E-state index >= 15 is 0 Å². The first-order valence-corrected chi connectivity index (χ1v) is 8.75.